The van der Waals surface area contributed by atoms with Gasteiger partial charge in [-0.05, 0) is 67.8 Å². The highest BCUT2D eigenvalue weighted by molar-refractivity contribution is 5.33. The van der Waals surface area contributed by atoms with Crippen molar-refractivity contribution in [2.75, 3.05) is 6.54 Å². The van der Waals surface area contributed by atoms with Crippen molar-refractivity contribution in [3.63, 3.8) is 0 Å². The van der Waals surface area contributed by atoms with E-state index >= 15 is 0 Å². The largest absolute Gasteiger partial charge is 0.493 e. The van der Waals surface area contributed by atoms with Gasteiger partial charge in [-0.15, -0.1) is 0 Å². The summed E-state index contributed by atoms with van der Waals surface area (Å²) in [6.07, 6.45) is 5.83. The van der Waals surface area contributed by atoms with Crippen molar-refractivity contribution in [3.8, 4) is 17.4 Å². The lowest BCUT2D eigenvalue weighted by molar-refractivity contribution is 0.348. The minimum Gasteiger partial charge on any atom is -0.493 e. The molecule has 30 heavy (non-hydrogen) atoms. The second-order valence-corrected chi connectivity index (χ2v) is 7.68. The predicted molar refractivity (Wildman–Crippen MR) is 113 cm³/mol. The van der Waals surface area contributed by atoms with E-state index in [1.807, 2.05) is 12.1 Å². The van der Waals surface area contributed by atoms with Crippen LogP contribution in [0.25, 0.3) is 0 Å². The van der Waals surface area contributed by atoms with Gasteiger partial charge in [0, 0.05) is 12.6 Å². The van der Waals surface area contributed by atoms with Crippen LogP contribution in [0.4, 0.5) is 4.39 Å². The number of imidazole rings is 1. The van der Waals surface area contributed by atoms with Crippen LogP contribution in [0.2, 0.25) is 0 Å². The maximum Gasteiger partial charge on any atom is 0.331 e. The summed E-state index contributed by atoms with van der Waals surface area (Å²) in [4.78, 5) is 12.7. The summed E-state index contributed by atoms with van der Waals surface area (Å²) in [6, 6.07) is 13.6. The Morgan fingerprint density at radius 3 is 2.43 bits per heavy atom. The van der Waals surface area contributed by atoms with Crippen LogP contribution in [0, 0.1) is 5.82 Å². The average molecular weight is 411 g/mol. The summed E-state index contributed by atoms with van der Waals surface area (Å²) < 4.78 is 21.6. The van der Waals surface area contributed by atoms with Crippen molar-refractivity contribution in [2.45, 2.75) is 44.8 Å². The molecule has 0 spiro atoms. The summed E-state index contributed by atoms with van der Waals surface area (Å²) >= 11 is 0. The predicted octanol–water partition coefficient (Wildman–Crippen LogP) is 3.87. The molecule has 1 saturated heterocycles. The minimum absolute atomic E-state index is 0.00734. The van der Waals surface area contributed by atoms with E-state index in [2.05, 4.69) is 5.32 Å². The third-order valence-electron chi connectivity index (χ3n) is 5.46. The minimum atomic E-state index is -0.312. The second kappa shape index (κ2) is 9.17. The molecule has 1 fully saturated rings. The number of nitrogens with zero attached hydrogens (tertiary/aromatic N) is 2. The van der Waals surface area contributed by atoms with E-state index in [1.165, 1.54) is 40.3 Å². The van der Waals surface area contributed by atoms with Gasteiger partial charge in [0.25, 0.3) is 0 Å². The molecule has 6 nitrogen and oxygen atoms in total. The van der Waals surface area contributed by atoms with Crippen LogP contribution in [0.3, 0.4) is 0 Å². The van der Waals surface area contributed by atoms with Crippen LogP contribution >= 0.6 is 0 Å². The normalized spacial score (nSPS) is 16.5. The first-order valence-electron chi connectivity index (χ1n) is 10.3. The van der Waals surface area contributed by atoms with Gasteiger partial charge in [0.1, 0.15) is 17.3 Å². The highest BCUT2D eigenvalue weighted by atomic mass is 19.1. The molecular formula is C23H26FN3O3. The number of hydrogen-bond donors (Lipinski definition) is 2. The molecule has 1 unspecified atom stereocenters. The molecule has 7 heteroatoms. The fourth-order valence-electron chi connectivity index (χ4n) is 3.79. The highest BCUT2D eigenvalue weighted by Crippen LogP contribution is 2.22. The van der Waals surface area contributed by atoms with Crippen LogP contribution in [0.1, 0.15) is 31.2 Å². The third kappa shape index (κ3) is 4.91. The fourth-order valence-corrected chi connectivity index (χ4v) is 3.79. The van der Waals surface area contributed by atoms with E-state index in [1.54, 1.807) is 24.3 Å². The summed E-state index contributed by atoms with van der Waals surface area (Å²) in [6.45, 7) is 1.88. The third-order valence-corrected chi connectivity index (χ3v) is 5.46. The Bertz CT molecular complexity index is 1020. The number of benzene rings is 2. The smallest absolute Gasteiger partial charge is 0.331 e. The Morgan fingerprint density at radius 1 is 1.07 bits per heavy atom. The van der Waals surface area contributed by atoms with Gasteiger partial charge in [0.05, 0.1) is 12.7 Å². The number of rotatable bonds is 7. The van der Waals surface area contributed by atoms with Crippen LogP contribution in [0.5, 0.6) is 17.4 Å². The van der Waals surface area contributed by atoms with Crippen molar-refractivity contribution in [1.29, 1.82) is 0 Å². The molecule has 1 aliphatic heterocycles. The molecule has 4 rings (SSSR count). The lowest BCUT2D eigenvalue weighted by Crippen LogP contribution is -2.35. The molecule has 2 aromatic carbocycles. The molecule has 1 atom stereocenters. The van der Waals surface area contributed by atoms with Crippen molar-refractivity contribution in [1.82, 2.24) is 14.5 Å². The monoisotopic (exact) mass is 411 g/mol. The van der Waals surface area contributed by atoms with Crippen molar-refractivity contribution in [3.05, 3.63) is 76.6 Å². The Labute approximate surface area is 174 Å². The number of hydrogen-bond acceptors (Lipinski definition) is 4. The Kier molecular flexibility index (Phi) is 6.18. The molecule has 158 valence electrons. The molecule has 0 amide bonds. The number of nitrogens with one attached hydrogen (secondary N) is 1. The van der Waals surface area contributed by atoms with E-state index < -0.39 is 0 Å². The average Bonchev–Trinajstić information content (AvgIpc) is 3.03. The van der Waals surface area contributed by atoms with E-state index in [9.17, 15) is 14.3 Å². The molecule has 0 saturated carbocycles. The maximum atomic E-state index is 13.0. The van der Waals surface area contributed by atoms with Crippen LogP contribution in [-0.2, 0) is 13.1 Å². The zero-order valence-corrected chi connectivity index (χ0v) is 16.8. The number of piperidine rings is 1. The summed E-state index contributed by atoms with van der Waals surface area (Å²) in [5.41, 5.74) is 0.699. The van der Waals surface area contributed by atoms with Gasteiger partial charge in [0.2, 0.25) is 5.88 Å². The van der Waals surface area contributed by atoms with Gasteiger partial charge in [-0.25, -0.2) is 9.18 Å². The first-order valence-corrected chi connectivity index (χ1v) is 10.3. The lowest BCUT2D eigenvalue weighted by Gasteiger charge is -2.23. The standard InChI is InChI=1S/C23H26FN3O3/c24-18-6-10-21(11-7-18)30-20-8-4-17(5-9-20)15-26-16-22(28)27(23(26)29)14-12-19-3-1-2-13-25-19/h4-11,16,19,25,28H,1-3,12-15H2. The van der Waals surface area contributed by atoms with Crippen molar-refractivity contribution >= 4 is 0 Å². The first-order chi connectivity index (χ1) is 14.6. The van der Waals surface area contributed by atoms with Crippen LogP contribution in [-0.4, -0.2) is 26.8 Å². The SMILES string of the molecule is O=c1n(Cc2ccc(Oc3ccc(F)cc3)cc2)cc(O)n1CCC1CCCCN1. The van der Waals surface area contributed by atoms with Gasteiger partial charge >= 0.3 is 5.69 Å². The fraction of sp³-hybridized carbons (Fsp3) is 0.348. The van der Waals surface area contributed by atoms with Crippen LogP contribution in [0.15, 0.2) is 59.5 Å². The number of aromatic hydroxyl groups is 1. The second-order valence-electron chi connectivity index (χ2n) is 7.68. The first kappa shape index (κ1) is 20.2. The van der Waals surface area contributed by atoms with Crippen molar-refractivity contribution in [2.24, 2.45) is 0 Å². The van der Waals surface area contributed by atoms with E-state index in [-0.39, 0.29) is 17.4 Å². The Morgan fingerprint density at radius 2 is 1.77 bits per heavy atom. The molecule has 3 aromatic rings. The molecule has 1 aromatic heterocycles. The van der Waals surface area contributed by atoms with Crippen LogP contribution < -0.4 is 15.7 Å². The summed E-state index contributed by atoms with van der Waals surface area (Å²) in [5, 5.41) is 13.7. The quantitative estimate of drug-likeness (QED) is 0.619. The van der Waals surface area contributed by atoms with Gasteiger partial charge in [-0.3, -0.25) is 9.13 Å². The summed E-state index contributed by atoms with van der Waals surface area (Å²) in [7, 11) is 0. The van der Waals surface area contributed by atoms with Crippen molar-refractivity contribution < 1.29 is 14.2 Å². The maximum absolute atomic E-state index is 13.0. The van der Waals surface area contributed by atoms with E-state index in [0.717, 1.165) is 24.9 Å². The molecular weight excluding hydrogens is 385 g/mol. The zero-order chi connectivity index (χ0) is 20.9. The van der Waals surface area contributed by atoms with E-state index in [4.69, 9.17) is 4.74 Å². The molecule has 2 heterocycles. The number of halogens is 1. The molecule has 2 N–H and O–H groups in total. The highest BCUT2D eigenvalue weighted by Gasteiger charge is 2.16. The molecule has 0 bridgehead atoms. The Balaban J connectivity index is 1.39. The topological polar surface area (TPSA) is 68.4 Å². The van der Waals surface area contributed by atoms with E-state index in [0.29, 0.717) is 30.6 Å². The Hall–Kier alpha value is -3.06. The molecule has 0 radical (unpaired) electrons. The lowest BCUT2D eigenvalue weighted by atomic mass is 10.0. The zero-order valence-electron chi connectivity index (χ0n) is 16.8. The molecule has 1 aliphatic rings. The number of ether oxygens (including phenoxy) is 1. The van der Waals surface area contributed by atoms with Gasteiger partial charge in [-0.1, -0.05) is 18.6 Å². The van der Waals surface area contributed by atoms with Gasteiger partial charge in [0.15, 0.2) is 0 Å². The van der Waals surface area contributed by atoms with Gasteiger partial charge < -0.3 is 15.2 Å². The summed E-state index contributed by atoms with van der Waals surface area (Å²) in [5.74, 6) is 0.855. The number of aromatic nitrogens is 2. The van der Waals surface area contributed by atoms with Gasteiger partial charge in [-0.2, -0.15) is 0 Å². The molecule has 0 aliphatic carbocycles.